The second kappa shape index (κ2) is 5.93. The van der Waals surface area contributed by atoms with E-state index in [1.165, 1.54) is 12.1 Å². The number of hydrogen-bond donors (Lipinski definition) is 2. The van der Waals surface area contributed by atoms with Gasteiger partial charge in [-0.3, -0.25) is 0 Å². The summed E-state index contributed by atoms with van der Waals surface area (Å²) in [7, 11) is 0. The van der Waals surface area contributed by atoms with Crippen molar-refractivity contribution in [3.8, 4) is 11.8 Å². The lowest BCUT2D eigenvalue weighted by atomic mass is 10.1. The van der Waals surface area contributed by atoms with Crippen molar-refractivity contribution in [2.45, 2.75) is 13.0 Å². The monoisotopic (exact) mass is 334 g/mol. The van der Waals surface area contributed by atoms with Crippen LogP contribution in [0.3, 0.4) is 0 Å². The van der Waals surface area contributed by atoms with Gasteiger partial charge < -0.3 is 10.4 Å². The number of aromatic hydroxyl groups is 1. The Balaban J connectivity index is 2.28. The van der Waals surface area contributed by atoms with Gasteiger partial charge >= 0.3 is 0 Å². The summed E-state index contributed by atoms with van der Waals surface area (Å²) in [6.45, 7) is 1.79. The van der Waals surface area contributed by atoms with Crippen molar-refractivity contribution in [3.63, 3.8) is 0 Å². The third-order valence-electron chi connectivity index (χ3n) is 2.92. The summed E-state index contributed by atoms with van der Waals surface area (Å²) in [5, 5.41) is 21.4. The Hall–Kier alpha value is -2.06. The molecule has 0 saturated heterocycles. The molecule has 2 rings (SSSR count). The van der Waals surface area contributed by atoms with Crippen molar-refractivity contribution in [3.05, 3.63) is 57.8 Å². The number of rotatable bonds is 3. The lowest BCUT2D eigenvalue weighted by molar-refractivity contribution is 0.467. The molecule has 2 aromatic carbocycles. The van der Waals surface area contributed by atoms with Gasteiger partial charge in [-0.05, 0) is 31.2 Å². The van der Waals surface area contributed by atoms with Gasteiger partial charge in [0, 0.05) is 16.1 Å². The number of halogens is 2. The average molecular weight is 335 g/mol. The fourth-order valence-corrected chi connectivity index (χ4v) is 2.27. The zero-order valence-electron chi connectivity index (χ0n) is 10.7. The van der Waals surface area contributed by atoms with E-state index in [-0.39, 0.29) is 11.8 Å². The van der Waals surface area contributed by atoms with E-state index in [1.54, 1.807) is 19.1 Å². The van der Waals surface area contributed by atoms with Crippen LogP contribution in [0.25, 0.3) is 0 Å². The molecule has 20 heavy (non-hydrogen) atoms. The number of anilines is 1. The Bertz CT molecular complexity index is 682. The van der Waals surface area contributed by atoms with Crippen LogP contribution in [0, 0.1) is 17.1 Å². The number of benzene rings is 2. The standard InChI is InChI=1S/C15H12BrFN2O/c1-9(13-4-3-12(20)7-14(13)17)19-15-5-2-11(16)6-10(15)8-18/h2-7,9,19-20H,1H3. The second-order valence-electron chi connectivity index (χ2n) is 4.37. The molecule has 0 spiro atoms. The van der Waals surface area contributed by atoms with Crippen LogP contribution in [0.2, 0.25) is 0 Å². The summed E-state index contributed by atoms with van der Waals surface area (Å²) in [4.78, 5) is 0. The number of nitriles is 1. The van der Waals surface area contributed by atoms with Crippen molar-refractivity contribution in [1.82, 2.24) is 0 Å². The van der Waals surface area contributed by atoms with Gasteiger partial charge in [0.05, 0.1) is 17.3 Å². The van der Waals surface area contributed by atoms with Crippen molar-refractivity contribution in [1.29, 1.82) is 5.26 Å². The fourth-order valence-electron chi connectivity index (χ4n) is 1.91. The molecular formula is C15H12BrFN2O. The molecule has 0 bridgehead atoms. The van der Waals surface area contributed by atoms with Gasteiger partial charge in [0.15, 0.2) is 0 Å². The molecule has 0 radical (unpaired) electrons. The highest BCUT2D eigenvalue weighted by Gasteiger charge is 2.13. The van der Waals surface area contributed by atoms with Gasteiger partial charge in [0.25, 0.3) is 0 Å². The first-order chi connectivity index (χ1) is 9.51. The van der Waals surface area contributed by atoms with Crippen molar-refractivity contribution in [2.75, 3.05) is 5.32 Å². The number of phenols is 1. The van der Waals surface area contributed by atoms with Crippen LogP contribution in [0.5, 0.6) is 5.75 Å². The Morgan fingerprint density at radius 3 is 2.70 bits per heavy atom. The van der Waals surface area contributed by atoms with E-state index in [1.807, 2.05) is 6.07 Å². The largest absolute Gasteiger partial charge is 0.508 e. The summed E-state index contributed by atoms with van der Waals surface area (Å²) in [5.74, 6) is -0.597. The molecule has 102 valence electrons. The Labute approximate surface area is 124 Å². The zero-order chi connectivity index (χ0) is 14.7. The molecule has 0 amide bonds. The molecule has 0 aromatic heterocycles. The van der Waals surface area contributed by atoms with Crippen molar-refractivity contribution in [2.24, 2.45) is 0 Å². The lowest BCUT2D eigenvalue weighted by Gasteiger charge is -2.17. The molecule has 2 aromatic rings. The quantitative estimate of drug-likeness (QED) is 0.877. The van der Waals surface area contributed by atoms with Crippen LogP contribution in [-0.2, 0) is 0 Å². The summed E-state index contributed by atoms with van der Waals surface area (Å²) in [6.07, 6.45) is 0. The van der Waals surface area contributed by atoms with Crippen LogP contribution < -0.4 is 5.32 Å². The number of nitrogens with one attached hydrogen (secondary N) is 1. The predicted molar refractivity (Wildman–Crippen MR) is 79.0 cm³/mol. The minimum absolute atomic E-state index is 0.111. The molecule has 1 unspecified atom stereocenters. The van der Waals surface area contributed by atoms with Crippen molar-refractivity contribution < 1.29 is 9.50 Å². The highest BCUT2D eigenvalue weighted by molar-refractivity contribution is 9.10. The SMILES string of the molecule is CC(Nc1ccc(Br)cc1C#N)c1ccc(O)cc1F. The van der Waals surface area contributed by atoms with Crippen LogP contribution in [0.4, 0.5) is 10.1 Å². The first-order valence-electron chi connectivity index (χ1n) is 5.96. The molecule has 0 aliphatic carbocycles. The molecule has 2 N–H and O–H groups in total. The summed E-state index contributed by atoms with van der Waals surface area (Å²) in [5.41, 5.74) is 1.54. The smallest absolute Gasteiger partial charge is 0.132 e. The topological polar surface area (TPSA) is 56.0 Å². The maximum atomic E-state index is 13.8. The van der Waals surface area contributed by atoms with E-state index in [0.29, 0.717) is 16.8 Å². The summed E-state index contributed by atoms with van der Waals surface area (Å²) < 4.78 is 14.6. The van der Waals surface area contributed by atoms with Crippen LogP contribution >= 0.6 is 15.9 Å². The van der Waals surface area contributed by atoms with Gasteiger partial charge in [-0.15, -0.1) is 0 Å². The maximum Gasteiger partial charge on any atom is 0.132 e. The minimum Gasteiger partial charge on any atom is -0.508 e. The van der Waals surface area contributed by atoms with E-state index in [2.05, 4.69) is 27.3 Å². The first-order valence-corrected chi connectivity index (χ1v) is 6.75. The molecule has 0 saturated carbocycles. The molecule has 5 heteroatoms. The van der Waals surface area contributed by atoms with Gasteiger partial charge in [-0.1, -0.05) is 22.0 Å². The van der Waals surface area contributed by atoms with Gasteiger partial charge in [0.1, 0.15) is 17.6 Å². The maximum absolute atomic E-state index is 13.8. The molecule has 0 aliphatic heterocycles. The molecule has 0 aliphatic rings. The van der Waals surface area contributed by atoms with E-state index >= 15 is 0 Å². The predicted octanol–water partition coefficient (Wildman–Crippen LogP) is 4.34. The van der Waals surface area contributed by atoms with E-state index in [0.717, 1.165) is 10.5 Å². The van der Waals surface area contributed by atoms with E-state index in [9.17, 15) is 9.50 Å². The molecule has 1 atom stereocenters. The Morgan fingerprint density at radius 2 is 2.05 bits per heavy atom. The Kier molecular flexibility index (Phi) is 4.26. The lowest BCUT2D eigenvalue weighted by Crippen LogP contribution is -2.09. The highest BCUT2D eigenvalue weighted by atomic mass is 79.9. The van der Waals surface area contributed by atoms with E-state index in [4.69, 9.17) is 5.26 Å². The van der Waals surface area contributed by atoms with Crippen LogP contribution in [0.15, 0.2) is 40.9 Å². The number of phenolic OH excluding ortho intramolecular Hbond substituents is 1. The van der Waals surface area contributed by atoms with Crippen molar-refractivity contribution >= 4 is 21.6 Å². The average Bonchev–Trinajstić information content (AvgIpc) is 2.40. The number of nitrogens with zero attached hydrogens (tertiary/aromatic N) is 1. The van der Waals surface area contributed by atoms with Crippen LogP contribution in [-0.4, -0.2) is 5.11 Å². The fraction of sp³-hybridized carbons (Fsp3) is 0.133. The second-order valence-corrected chi connectivity index (χ2v) is 5.29. The molecular weight excluding hydrogens is 323 g/mol. The summed E-state index contributed by atoms with van der Waals surface area (Å²) >= 11 is 3.30. The van der Waals surface area contributed by atoms with Gasteiger partial charge in [0.2, 0.25) is 0 Å². The molecule has 3 nitrogen and oxygen atoms in total. The minimum atomic E-state index is -0.486. The summed E-state index contributed by atoms with van der Waals surface area (Å²) in [6, 6.07) is 11.1. The van der Waals surface area contributed by atoms with E-state index < -0.39 is 5.82 Å². The van der Waals surface area contributed by atoms with Gasteiger partial charge in [-0.2, -0.15) is 5.26 Å². The molecule has 0 heterocycles. The molecule has 0 fully saturated rings. The normalized spacial score (nSPS) is 11.7. The first kappa shape index (κ1) is 14.4. The third kappa shape index (κ3) is 3.09. The highest BCUT2D eigenvalue weighted by Crippen LogP contribution is 2.27. The third-order valence-corrected chi connectivity index (χ3v) is 3.42. The Morgan fingerprint density at radius 1 is 1.30 bits per heavy atom. The zero-order valence-corrected chi connectivity index (χ0v) is 12.3. The van der Waals surface area contributed by atoms with Crippen LogP contribution in [0.1, 0.15) is 24.1 Å². The van der Waals surface area contributed by atoms with Gasteiger partial charge in [-0.25, -0.2) is 4.39 Å². The number of hydrogen-bond acceptors (Lipinski definition) is 3.